The standard InChI is InChI=1S/C13H15BrN2OS/c1-17-13-6-11(14)3-2-10(13)7-15-5-4-12-8-18-9-16-12/h2-3,6,8-9,15H,4-5,7H2,1H3. The Hall–Kier alpha value is -0.910. The summed E-state index contributed by atoms with van der Waals surface area (Å²) < 4.78 is 6.38. The van der Waals surface area contributed by atoms with Gasteiger partial charge in [-0.2, -0.15) is 0 Å². The average molecular weight is 327 g/mol. The van der Waals surface area contributed by atoms with E-state index in [2.05, 4.69) is 37.7 Å². The fourth-order valence-electron chi connectivity index (χ4n) is 1.66. The fourth-order valence-corrected chi connectivity index (χ4v) is 2.60. The van der Waals surface area contributed by atoms with Crippen molar-refractivity contribution in [2.24, 2.45) is 0 Å². The molecule has 0 saturated carbocycles. The summed E-state index contributed by atoms with van der Waals surface area (Å²) in [7, 11) is 1.69. The Morgan fingerprint density at radius 1 is 1.44 bits per heavy atom. The van der Waals surface area contributed by atoms with Gasteiger partial charge in [0.15, 0.2) is 0 Å². The van der Waals surface area contributed by atoms with Gasteiger partial charge < -0.3 is 10.1 Å². The van der Waals surface area contributed by atoms with Crippen molar-refractivity contribution >= 4 is 27.3 Å². The second-order valence-corrected chi connectivity index (χ2v) is 5.50. The van der Waals surface area contributed by atoms with Crippen LogP contribution in [-0.2, 0) is 13.0 Å². The quantitative estimate of drug-likeness (QED) is 0.827. The summed E-state index contributed by atoms with van der Waals surface area (Å²) in [4.78, 5) is 4.25. The molecule has 3 nitrogen and oxygen atoms in total. The predicted molar refractivity (Wildman–Crippen MR) is 78.2 cm³/mol. The molecule has 1 N–H and O–H groups in total. The molecule has 0 unspecified atom stereocenters. The molecule has 0 fully saturated rings. The number of halogens is 1. The van der Waals surface area contributed by atoms with E-state index in [0.29, 0.717) is 0 Å². The maximum absolute atomic E-state index is 5.35. The molecule has 96 valence electrons. The molecule has 0 bridgehead atoms. The summed E-state index contributed by atoms with van der Waals surface area (Å²) in [5.74, 6) is 0.908. The third kappa shape index (κ3) is 3.80. The highest BCUT2D eigenvalue weighted by molar-refractivity contribution is 9.10. The van der Waals surface area contributed by atoms with Gasteiger partial charge in [-0.3, -0.25) is 0 Å². The Morgan fingerprint density at radius 3 is 3.06 bits per heavy atom. The molecular formula is C13H15BrN2OS. The summed E-state index contributed by atoms with van der Waals surface area (Å²) >= 11 is 5.08. The van der Waals surface area contributed by atoms with Crippen molar-refractivity contribution in [2.75, 3.05) is 13.7 Å². The third-order valence-electron chi connectivity index (χ3n) is 2.61. The predicted octanol–water partition coefficient (Wildman–Crippen LogP) is 3.25. The molecule has 1 heterocycles. The number of methoxy groups -OCH3 is 1. The van der Waals surface area contributed by atoms with Crippen molar-refractivity contribution < 1.29 is 4.74 Å². The summed E-state index contributed by atoms with van der Waals surface area (Å²) in [6, 6.07) is 6.08. The summed E-state index contributed by atoms with van der Waals surface area (Å²) in [5, 5.41) is 5.49. The van der Waals surface area contributed by atoms with Gasteiger partial charge in [0.05, 0.1) is 18.3 Å². The van der Waals surface area contributed by atoms with E-state index in [9.17, 15) is 0 Å². The molecule has 2 aromatic rings. The zero-order valence-corrected chi connectivity index (χ0v) is 12.6. The highest BCUT2D eigenvalue weighted by Gasteiger charge is 2.03. The largest absolute Gasteiger partial charge is 0.496 e. The Kier molecular flexibility index (Phi) is 5.16. The van der Waals surface area contributed by atoms with Crippen LogP contribution < -0.4 is 10.1 Å². The lowest BCUT2D eigenvalue weighted by Crippen LogP contribution is -2.17. The highest BCUT2D eigenvalue weighted by atomic mass is 79.9. The Bertz CT molecular complexity index is 488. The van der Waals surface area contributed by atoms with Crippen molar-refractivity contribution in [3.05, 3.63) is 44.8 Å². The number of nitrogens with one attached hydrogen (secondary N) is 1. The second kappa shape index (κ2) is 6.87. The number of aromatic nitrogens is 1. The van der Waals surface area contributed by atoms with Crippen LogP contribution in [0.25, 0.3) is 0 Å². The smallest absolute Gasteiger partial charge is 0.124 e. The van der Waals surface area contributed by atoms with E-state index in [4.69, 9.17) is 4.74 Å². The number of rotatable bonds is 6. The van der Waals surface area contributed by atoms with Crippen molar-refractivity contribution in [1.82, 2.24) is 10.3 Å². The molecule has 5 heteroatoms. The van der Waals surface area contributed by atoms with Gasteiger partial charge >= 0.3 is 0 Å². The van der Waals surface area contributed by atoms with Crippen LogP contribution in [0.15, 0.2) is 33.6 Å². The molecule has 0 spiro atoms. The van der Waals surface area contributed by atoms with Crippen LogP contribution in [0.1, 0.15) is 11.3 Å². The van der Waals surface area contributed by atoms with Crippen LogP contribution in [0.2, 0.25) is 0 Å². The fraction of sp³-hybridized carbons (Fsp3) is 0.308. The normalized spacial score (nSPS) is 10.6. The topological polar surface area (TPSA) is 34.1 Å². The lowest BCUT2D eigenvalue weighted by Gasteiger charge is -2.09. The number of thiazole rings is 1. The van der Waals surface area contributed by atoms with E-state index in [-0.39, 0.29) is 0 Å². The number of hydrogen-bond donors (Lipinski definition) is 1. The van der Waals surface area contributed by atoms with Crippen molar-refractivity contribution in [1.29, 1.82) is 0 Å². The highest BCUT2D eigenvalue weighted by Crippen LogP contribution is 2.23. The van der Waals surface area contributed by atoms with Gasteiger partial charge in [0.2, 0.25) is 0 Å². The molecule has 1 aromatic heterocycles. The average Bonchev–Trinajstić information content (AvgIpc) is 2.89. The van der Waals surface area contributed by atoms with Crippen LogP contribution >= 0.6 is 27.3 Å². The van der Waals surface area contributed by atoms with Crippen molar-refractivity contribution in [3.8, 4) is 5.75 Å². The number of ether oxygens (including phenoxy) is 1. The Labute approximate surface area is 119 Å². The van der Waals surface area contributed by atoms with Crippen LogP contribution in [0.4, 0.5) is 0 Å². The van der Waals surface area contributed by atoms with Gasteiger partial charge in [0, 0.05) is 34.9 Å². The zero-order chi connectivity index (χ0) is 12.8. The summed E-state index contributed by atoms with van der Waals surface area (Å²) in [6.45, 7) is 1.73. The van der Waals surface area contributed by atoms with E-state index in [0.717, 1.165) is 35.4 Å². The third-order valence-corrected chi connectivity index (χ3v) is 3.73. The maximum Gasteiger partial charge on any atom is 0.124 e. The molecule has 1 aromatic carbocycles. The SMILES string of the molecule is COc1cc(Br)ccc1CNCCc1cscn1. The van der Waals surface area contributed by atoms with E-state index in [1.165, 1.54) is 5.56 Å². The Balaban J connectivity index is 1.83. The van der Waals surface area contributed by atoms with Crippen LogP contribution in [0.5, 0.6) is 5.75 Å². The molecule has 0 aliphatic rings. The van der Waals surface area contributed by atoms with Crippen molar-refractivity contribution in [2.45, 2.75) is 13.0 Å². The van der Waals surface area contributed by atoms with E-state index in [1.807, 2.05) is 17.6 Å². The summed E-state index contributed by atoms with van der Waals surface area (Å²) in [5.41, 5.74) is 4.18. The van der Waals surface area contributed by atoms with Gasteiger partial charge in [-0.05, 0) is 12.1 Å². The first-order valence-electron chi connectivity index (χ1n) is 5.70. The molecule has 0 aliphatic carbocycles. The molecule has 0 radical (unpaired) electrons. The Morgan fingerprint density at radius 2 is 2.33 bits per heavy atom. The minimum Gasteiger partial charge on any atom is -0.496 e. The molecular weight excluding hydrogens is 312 g/mol. The monoisotopic (exact) mass is 326 g/mol. The minimum atomic E-state index is 0.806. The second-order valence-electron chi connectivity index (χ2n) is 3.86. The van der Waals surface area contributed by atoms with E-state index >= 15 is 0 Å². The van der Waals surface area contributed by atoms with Crippen LogP contribution in [0, 0.1) is 0 Å². The lowest BCUT2D eigenvalue weighted by molar-refractivity contribution is 0.407. The first kappa shape index (κ1) is 13.5. The maximum atomic E-state index is 5.35. The first-order valence-corrected chi connectivity index (χ1v) is 7.43. The van der Waals surface area contributed by atoms with Gasteiger partial charge in [-0.25, -0.2) is 4.98 Å². The lowest BCUT2D eigenvalue weighted by atomic mass is 10.2. The number of benzene rings is 1. The minimum absolute atomic E-state index is 0.806. The zero-order valence-electron chi connectivity index (χ0n) is 10.1. The van der Waals surface area contributed by atoms with Gasteiger partial charge in [-0.15, -0.1) is 11.3 Å². The molecule has 2 rings (SSSR count). The molecule has 18 heavy (non-hydrogen) atoms. The summed E-state index contributed by atoms with van der Waals surface area (Å²) in [6.07, 6.45) is 0.961. The van der Waals surface area contributed by atoms with Crippen LogP contribution in [-0.4, -0.2) is 18.6 Å². The van der Waals surface area contributed by atoms with Crippen LogP contribution in [0.3, 0.4) is 0 Å². The van der Waals surface area contributed by atoms with E-state index < -0.39 is 0 Å². The first-order chi connectivity index (χ1) is 8.79. The molecule has 0 aliphatic heterocycles. The number of nitrogens with zero attached hydrogens (tertiary/aromatic N) is 1. The van der Waals surface area contributed by atoms with Gasteiger partial charge in [0.25, 0.3) is 0 Å². The molecule has 0 atom stereocenters. The van der Waals surface area contributed by atoms with E-state index in [1.54, 1.807) is 18.4 Å². The van der Waals surface area contributed by atoms with Crippen molar-refractivity contribution in [3.63, 3.8) is 0 Å². The molecule has 0 saturated heterocycles. The van der Waals surface area contributed by atoms with Gasteiger partial charge in [0.1, 0.15) is 5.75 Å². The van der Waals surface area contributed by atoms with Gasteiger partial charge in [-0.1, -0.05) is 22.0 Å². The number of hydrogen-bond acceptors (Lipinski definition) is 4. The molecule has 0 amide bonds.